The average molecular weight is 543 g/mol. The van der Waals surface area contributed by atoms with Gasteiger partial charge in [-0.1, -0.05) is 53.7 Å². The van der Waals surface area contributed by atoms with Gasteiger partial charge in [0.15, 0.2) is 5.78 Å². The van der Waals surface area contributed by atoms with E-state index in [0.717, 1.165) is 11.7 Å². The van der Waals surface area contributed by atoms with Gasteiger partial charge in [-0.2, -0.15) is 13.2 Å². The average Bonchev–Trinajstić information content (AvgIpc) is 2.83. The van der Waals surface area contributed by atoms with E-state index in [4.69, 9.17) is 17.3 Å². The molecule has 0 aliphatic carbocycles. The molecule has 0 amide bonds. The van der Waals surface area contributed by atoms with Crippen LogP contribution in [0.25, 0.3) is 0 Å². The number of nitrogen functional groups attached to an aromatic ring is 1. The Morgan fingerprint density at radius 3 is 2.42 bits per heavy atom. The van der Waals surface area contributed by atoms with E-state index in [9.17, 15) is 32.3 Å². The molecule has 0 saturated heterocycles. The van der Waals surface area contributed by atoms with Crippen molar-refractivity contribution < 1.29 is 27.5 Å². The molecule has 0 fully saturated rings. The summed E-state index contributed by atoms with van der Waals surface area (Å²) >= 11 is 6.56. The van der Waals surface area contributed by atoms with Crippen LogP contribution in [0.4, 0.5) is 19.0 Å². The van der Waals surface area contributed by atoms with Crippen molar-refractivity contribution in [3.63, 3.8) is 0 Å². The fraction of sp³-hybridized carbons (Fsp3) is 0.227. The quantitative estimate of drug-likeness (QED) is 0.262. The number of carbonyl (C=O) groups is 2. The molecular formula is C22H18ClF3N4O5S. The van der Waals surface area contributed by atoms with Gasteiger partial charge in [0.25, 0.3) is 5.56 Å². The van der Waals surface area contributed by atoms with E-state index in [1.807, 2.05) is 0 Å². The van der Waals surface area contributed by atoms with Crippen LogP contribution >= 0.6 is 23.4 Å². The summed E-state index contributed by atoms with van der Waals surface area (Å²) in [5.41, 5.74) is 3.03. The van der Waals surface area contributed by atoms with Gasteiger partial charge in [-0.3, -0.25) is 19.0 Å². The highest BCUT2D eigenvalue weighted by Gasteiger charge is 2.32. The van der Waals surface area contributed by atoms with Gasteiger partial charge in [-0.25, -0.2) is 14.3 Å². The molecule has 190 valence electrons. The number of anilines is 1. The number of ketones is 1. The topological polar surface area (TPSA) is 126 Å². The van der Waals surface area contributed by atoms with E-state index < -0.39 is 58.4 Å². The van der Waals surface area contributed by atoms with Crippen LogP contribution in [0.3, 0.4) is 0 Å². The number of halogens is 4. The summed E-state index contributed by atoms with van der Waals surface area (Å²) in [5, 5.41) is -0.420. The molecule has 0 aliphatic rings. The van der Waals surface area contributed by atoms with Crippen LogP contribution in [-0.2, 0) is 28.8 Å². The zero-order valence-electron chi connectivity index (χ0n) is 18.5. The van der Waals surface area contributed by atoms with Crippen LogP contribution in [0.5, 0.6) is 0 Å². The van der Waals surface area contributed by atoms with Gasteiger partial charge in [0, 0.05) is 6.20 Å². The van der Waals surface area contributed by atoms with Crippen LogP contribution in [0.15, 0.2) is 57.2 Å². The van der Waals surface area contributed by atoms with Crippen molar-refractivity contribution in [3.8, 4) is 0 Å². The van der Waals surface area contributed by atoms with Crippen molar-refractivity contribution in [1.82, 2.24) is 14.1 Å². The minimum Gasteiger partial charge on any atom is -0.468 e. The van der Waals surface area contributed by atoms with Gasteiger partial charge >= 0.3 is 17.8 Å². The molecular weight excluding hydrogens is 525 g/mol. The number of carbonyl (C=O) groups excluding carboxylic acids is 2. The molecule has 3 rings (SSSR count). The number of hydrogen-bond acceptors (Lipinski definition) is 8. The predicted molar refractivity (Wildman–Crippen MR) is 126 cm³/mol. The number of hydrogen-bond donors (Lipinski definition) is 1. The number of methoxy groups -OCH3 is 1. The summed E-state index contributed by atoms with van der Waals surface area (Å²) in [6.07, 6.45) is -4.09. The van der Waals surface area contributed by atoms with Crippen molar-refractivity contribution in [2.45, 2.75) is 24.3 Å². The molecule has 3 aromatic rings. The zero-order valence-corrected chi connectivity index (χ0v) is 20.1. The van der Waals surface area contributed by atoms with E-state index in [0.29, 0.717) is 34.2 Å². The van der Waals surface area contributed by atoms with Gasteiger partial charge in [0.2, 0.25) is 0 Å². The Hall–Kier alpha value is -3.58. The van der Waals surface area contributed by atoms with Gasteiger partial charge in [0.1, 0.15) is 23.0 Å². The molecule has 2 heterocycles. The van der Waals surface area contributed by atoms with Crippen molar-refractivity contribution in [1.29, 1.82) is 0 Å². The number of esters is 1. The molecule has 1 aromatic carbocycles. The highest BCUT2D eigenvalue weighted by molar-refractivity contribution is 8.00. The second-order valence-corrected chi connectivity index (χ2v) is 8.67. The van der Waals surface area contributed by atoms with Gasteiger partial charge in [-0.15, -0.1) is 0 Å². The van der Waals surface area contributed by atoms with Crippen LogP contribution in [0, 0.1) is 0 Å². The number of alkyl halides is 3. The Balaban J connectivity index is 2.00. The zero-order chi connectivity index (χ0) is 26.6. The number of nitrogens with two attached hydrogens (primary N) is 1. The largest absolute Gasteiger partial charge is 0.468 e. The standard InChI is InChI=1S/C22H18ClF3N4O5S/c1-35-16(32)10-30-20(33)17(18(27)29(21(30)34)9-12-5-3-2-4-6-12)15(31)11-36-19-14(23)7-13(8-28-19)22(24,25)26/h2-8H,9-11,27H2,1H3. The first-order valence-corrected chi connectivity index (χ1v) is 11.4. The Morgan fingerprint density at radius 1 is 1.17 bits per heavy atom. The number of aromatic nitrogens is 3. The molecule has 2 aromatic heterocycles. The van der Waals surface area contributed by atoms with E-state index >= 15 is 0 Å². The lowest BCUT2D eigenvalue weighted by Gasteiger charge is -2.16. The van der Waals surface area contributed by atoms with Crippen LogP contribution < -0.4 is 17.0 Å². The maximum atomic E-state index is 13.0. The molecule has 2 N–H and O–H groups in total. The smallest absolute Gasteiger partial charge is 0.417 e. The second-order valence-electron chi connectivity index (χ2n) is 7.30. The Bertz CT molecular complexity index is 1420. The minimum absolute atomic E-state index is 0.0796. The maximum Gasteiger partial charge on any atom is 0.417 e. The molecule has 0 bridgehead atoms. The third kappa shape index (κ3) is 5.97. The highest BCUT2D eigenvalue weighted by atomic mass is 35.5. The van der Waals surface area contributed by atoms with Crippen LogP contribution in [0.1, 0.15) is 21.5 Å². The summed E-state index contributed by atoms with van der Waals surface area (Å²) in [7, 11) is 1.07. The van der Waals surface area contributed by atoms with Gasteiger partial charge < -0.3 is 10.5 Å². The lowest BCUT2D eigenvalue weighted by Crippen LogP contribution is -2.45. The van der Waals surface area contributed by atoms with Gasteiger partial charge in [0.05, 0.1) is 30.0 Å². The first kappa shape index (κ1) is 27.0. The molecule has 0 radical (unpaired) electrons. The molecule has 0 spiro atoms. The molecule has 0 saturated carbocycles. The first-order chi connectivity index (χ1) is 16.9. The van der Waals surface area contributed by atoms with Gasteiger partial charge in [-0.05, 0) is 11.6 Å². The SMILES string of the molecule is COC(=O)Cn1c(=O)c(C(=O)CSc2ncc(C(F)(F)F)cc2Cl)c(N)n(Cc2ccccc2)c1=O. The predicted octanol–water partition coefficient (Wildman–Crippen LogP) is 2.86. The molecule has 9 nitrogen and oxygen atoms in total. The molecule has 0 unspecified atom stereocenters. The normalized spacial score (nSPS) is 11.4. The molecule has 0 atom stereocenters. The second kappa shape index (κ2) is 11.0. The minimum atomic E-state index is -4.65. The first-order valence-electron chi connectivity index (χ1n) is 10.1. The number of Topliss-reactive ketones (excluding diaryl/α,β-unsaturated/α-hetero) is 1. The number of ether oxygens (including phenoxy) is 1. The fourth-order valence-corrected chi connectivity index (χ4v) is 4.19. The Morgan fingerprint density at radius 2 is 1.83 bits per heavy atom. The molecule has 14 heteroatoms. The molecule has 36 heavy (non-hydrogen) atoms. The summed E-state index contributed by atoms with van der Waals surface area (Å²) in [5.74, 6) is -2.66. The summed E-state index contributed by atoms with van der Waals surface area (Å²) in [4.78, 5) is 54.5. The van der Waals surface area contributed by atoms with E-state index in [1.165, 1.54) is 0 Å². The van der Waals surface area contributed by atoms with Crippen LogP contribution in [0.2, 0.25) is 5.02 Å². The number of thioether (sulfide) groups is 1. The Kier molecular flexibility index (Phi) is 8.25. The highest BCUT2D eigenvalue weighted by Crippen LogP contribution is 2.33. The fourth-order valence-electron chi connectivity index (χ4n) is 3.12. The summed E-state index contributed by atoms with van der Waals surface area (Å²) < 4.78 is 44.5. The van der Waals surface area contributed by atoms with E-state index in [1.54, 1.807) is 30.3 Å². The van der Waals surface area contributed by atoms with E-state index in [-0.39, 0.29) is 16.6 Å². The molecule has 0 aliphatic heterocycles. The third-order valence-corrected chi connectivity index (χ3v) is 6.33. The van der Waals surface area contributed by atoms with Crippen molar-refractivity contribution in [2.24, 2.45) is 0 Å². The summed E-state index contributed by atoms with van der Waals surface area (Å²) in [6.45, 7) is -0.865. The van der Waals surface area contributed by atoms with E-state index in [2.05, 4.69) is 9.72 Å². The number of benzene rings is 1. The number of nitrogens with zero attached hydrogens (tertiary/aromatic N) is 3. The van der Waals surface area contributed by atoms with Crippen molar-refractivity contribution >= 4 is 40.9 Å². The maximum absolute atomic E-state index is 13.0. The lowest BCUT2D eigenvalue weighted by molar-refractivity contribution is -0.141. The monoisotopic (exact) mass is 542 g/mol. The lowest BCUT2D eigenvalue weighted by atomic mass is 10.2. The Labute approximate surface area is 210 Å². The van der Waals surface area contributed by atoms with Crippen molar-refractivity contribution in [2.75, 3.05) is 18.6 Å². The summed E-state index contributed by atoms with van der Waals surface area (Å²) in [6, 6.07) is 9.23. The number of pyridine rings is 1. The number of rotatable bonds is 8. The third-order valence-electron chi connectivity index (χ3n) is 4.92. The van der Waals surface area contributed by atoms with Crippen LogP contribution in [-0.4, -0.2) is 38.7 Å². The van der Waals surface area contributed by atoms with Crippen molar-refractivity contribution in [3.05, 3.63) is 85.1 Å².